The van der Waals surface area contributed by atoms with Crippen LogP contribution in [0.4, 0.5) is 5.69 Å². The number of carbonyl (C=O) groups excluding carboxylic acids is 2. The van der Waals surface area contributed by atoms with Crippen LogP contribution in [0.2, 0.25) is 0 Å². The summed E-state index contributed by atoms with van der Waals surface area (Å²) >= 11 is 0. The smallest absolute Gasteiger partial charge is 0.333 e. The molecule has 4 rings (SSSR count). The number of methoxy groups -OCH3 is 1. The van der Waals surface area contributed by atoms with Crippen molar-refractivity contribution in [3.05, 3.63) is 130 Å². The first-order valence-electron chi connectivity index (χ1n) is 10.9. The number of rotatable bonds is 6. The zero-order valence-corrected chi connectivity index (χ0v) is 19.3. The summed E-state index contributed by atoms with van der Waals surface area (Å²) in [4.78, 5) is 38.4. The maximum atomic E-state index is 13.9. The quantitative estimate of drug-likeness (QED) is 0.214. The summed E-state index contributed by atoms with van der Waals surface area (Å²) in [5.41, 5.74) is 0.0303. The minimum Gasteiger partial charge on any atom is -0.466 e. The monoisotopic (exact) mass is 479 g/mol. The Morgan fingerprint density at radius 3 is 2.31 bits per heavy atom. The fourth-order valence-corrected chi connectivity index (χ4v) is 4.55. The van der Waals surface area contributed by atoms with Crippen molar-refractivity contribution in [2.24, 2.45) is 0 Å². The number of hydrogen-bond acceptors (Lipinski definition) is 6. The van der Waals surface area contributed by atoms with Gasteiger partial charge in [0, 0.05) is 35.0 Å². The summed E-state index contributed by atoms with van der Waals surface area (Å²) in [7, 11) is 1.23. The first kappa shape index (κ1) is 24.1. The van der Waals surface area contributed by atoms with Crippen molar-refractivity contribution < 1.29 is 19.2 Å². The average molecular weight is 479 g/mol. The molecule has 3 aromatic rings. The van der Waals surface area contributed by atoms with Crippen molar-refractivity contribution in [1.29, 1.82) is 5.26 Å². The van der Waals surface area contributed by atoms with Crippen LogP contribution in [0.3, 0.4) is 0 Å². The van der Waals surface area contributed by atoms with E-state index in [1.54, 1.807) is 48.5 Å². The molecular weight excluding hydrogens is 458 g/mol. The molecule has 1 heterocycles. The first-order valence-corrected chi connectivity index (χ1v) is 10.9. The molecule has 0 unspecified atom stereocenters. The van der Waals surface area contributed by atoms with Gasteiger partial charge in [-0.3, -0.25) is 19.8 Å². The highest BCUT2D eigenvalue weighted by Gasteiger charge is 2.53. The molecule has 1 aliphatic heterocycles. The number of carbonyl (C=O) groups is 2. The molecule has 1 amide bonds. The van der Waals surface area contributed by atoms with Gasteiger partial charge < -0.3 is 4.74 Å². The van der Waals surface area contributed by atoms with E-state index < -0.39 is 28.3 Å². The minimum absolute atomic E-state index is 0.00291. The molecule has 2 atom stereocenters. The number of esters is 1. The molecule has 36 heavy (non-hydrogen) atoms. The summed E-state index contributed by atoms with van der Waals surface area (Å²) in [5.74, 6) is -2.28. The van der Waals surface area contributed by atoms with Gasteiger partial charge in [0.2, 0.25) is 0 Å². The van der Waals surface area contributed by atoms with Gasteiger partial charge in [-0.05, 0) is 29.3 Å². The summed E-state index contributed by atoms with van der Waals surface area (Å²) in [5, 5.41) is 21.9. The van der Waals surface area contributed by atoms with Crippen molar-refractivity contribution in [2.75, 3.05) is 7.11 Å². The Labute approximate surface area is 207 Å². The van der Waals surface area contributed by atoms with E-state index in [0.717, 1.165) is 0 Å². The lowest BCUT2D eigenvalue weighted by atomic mass is 9.68. The second kappa shape index (κ2) is 9.68. The number of non-ortho nitro benzene ring substituents is 1. The summed E-state index contributed by atoms with van der Waals surface area (Å²) in [6.07, 6.45) is 3.20. The Bertz CT molecular complexity index is 1420. The molecule has 0 bridgehead atoms. The van der Waals surface area contributed by atoms with Crippen LogP contribution in [0, 0.1) is 21.4 Å². The van der Waals surface area contributed by atoms with E-state index in [1.807, 2.05) is 12.1 Å². The maximum absolute atomic E-state index is 13.9. The van der Waals surface area contributed by atoms with Crippen LogP contribution in [-0.4, -0.2) is 28.8 Å². The highest BCUT2D eigenvalue weighted by molar-refractivity contribution is 5.98. The number of hydrogen-bond donors (Lipinski definition) is 0. The van der Waals surface area contributed by atoms with Gasteiger partial charge >= 0.3 is 5.97 Å². The fraction of sp³-hybridized carbons (Fsp3) is 0.107. The summed E-state index contributed by atoms with van der Waals surface area (Å²) < 4.78 is 4.97. The van der Waals surface area contributed by atoms with Crippen molar-refractivity contribution in [1.82, 2.24) is 4.90 Å². The lowest BCUT2D eigenvalue weighted by Gasteiger charge is -2.45. The highest BCUT2D eigenvalue weighted by Crippen LogP contribution is 2.49. The van der Waals surface area contributed by atoms with Gasteiger partial charge in [0.1, 0.15) is 0 Å². The number of ether oxygens (including phenoxy) is 1. The average Bonchev–Trinajstić information content (AvgIpc) is 2.92. The normalized spacial score (nSPS) is 16.8. The third-order valence-corrected chi connectivity index (χ3v) is 6.22. The molecule has 0 saturated carbocycles. The zero-order chi connectivity index (χ0) is 25.9. The molecule has 0 radical (unpaired) electrons. The third kappa shape index (κ3) is 3.93. The van der Waals surface area contributed by atoms with E-state index >= 15 is 0 Å². The van der Waals surface area contributed by atoms with Gasteiger partial charge in [-0.15, -0.1) is 0 Å². The summed E-state index contributed by atoms with van der Waals surface area (Å²) in [6, 6.07) is 23.4. The summed E-state index contributed by atoms with van der Waals surface area (Å²) in [6.45, 7) is 3.98. The van der Waals surface area contributed by atoms with Gasteiger partial charge in [-0.25, -0.2) is 4.79 Å². The number of fused-ring (bicyclic) bond motifs is 1. The second-order valence-corrected chi connectivity index (χ2v) is 8.12. The Morgan fingerprint density at radius 1 is 1.06 bits per heavy atom. The molecule has 1 aliphatic rings. The van der Waals surface area contributed by atoms with E-state index in [1.165, 1.54) is 42.5 Å². The SMILES string of the molecule is C=C(C(=O)OC)[C@@H](c1ccccc1)[C@]1(C#N)c2ccccc2C=CN1C(=O)c1ccc([N+](=O)[O-])cc1. The molecule has 0 spiro atoms. The van der Waals surface area contributed by atoms with Crippen LogP contribution in [0.1, 0.15) is 33.0 Å². The lowest BCUT2D eigenvalue weighted by molar-refractivity contribution is -0.384. The second-order valence-electron chi connectivity index (χ2n) is 8.12. The molecule has 3 aromatic carbocycles. The Kier molecular flexibility index (Phi) is 6.48. The fourth-order valence-electron chi connectivity index (χ4n) is 4.55. The third-order valence-electron chi connectivity index (χ3n) is 6.22. The Balaban J connectivity index is 1.98. The molecule has 178 valence electrons. The van der Waals surface area contributed by atoms with Crippen molar-refractivity contribution in [3.63, 3.8) is 0 Å². The molecule has 0 N–H and O–H groups in total. The zero-order valence-electron chi connectivity index (χ0n) is 19.3. The molecule has 8 heteroatoms. The maximum Gasteiger partial charge on any atom is 0.333 e. The number of nitrogens with zero attached hydrogens (tertiary/aromatic N) is 3. The topological polar surface area (TPSA) is 114 Å². The van der Waals surface area contributed by atoms with Gasteiger partial charge in [-0.1, -0.05) is 61.2 Å². The van der Waals surface area contributed by atoms with Gasteiger partial charge in [0.25, 0.3) is 11.6 Å². The molecule has 8 nitrogen and oxygen atoms in total. The van der Waals surface area contributed by atoms with E-state index in [2.05, 4.69) is 12.6 Å². The van der Waals surface area contributed by atoms with Crippen LogP contribution < -0.4 is 0 Å². The van der Waals surface area contributed by atoms with Crippen LogP contribution >= 0.6 is 0 Å². The van der Waals surface area contributed by atoms with Crippen LogP contribution in [0.25, 0.3) is 6.08 Å². The van der Waals surface area contributed by atoms with E-state index in [0.29, 0.717) is 16.7 Å². The standard InChI is InChI=1S/C28H21N3O5/c1-19(27(33)36-2)25(21-9-4-3-5-10-21)28(18-29)24-11-7-6-8-20(24)16-17-30(28)26(32)22-12-14-23(15-13-22)31(34)35/h3-17,25H,1H2,2H3/t25-,28-/m0/s1. The molecular formula is C28H21N3O5. The highest BCUT2D eigenvalue weighted by atomic mass is 16.6. The minimum atomic E-state index is -1.73. The largest absolute Gasteiger partial charge is 0.466 e. The Hall–Kier alpha value is -5.03. The first-order chi connectivity index (χ1) is 17.3. The van der Waals surface area contributed by atoms with E-state index in [4.69, 9.17) is 4.74 Å². The number of benzene rings is 3. The lowest BCUT2D eigenvalue weighted by Crippen LogP contribution is -2.52. The predicted molar refractivity (Wildman–Crippen MR) is 132 cm³/mol. The number of nitro groups is 1. The number of amides is 1. The predicted octanol–water partition coefficient (Wildman–Crippen LogP) is 4.95. The van der Waals surface area contributed by atoms with Crippen LogP contribution in [0.5, 0.6) is 0 Å². The van der Waals surface area contributed by atoms with Crippen molar-refractivity contribution >= 4 is 23.6 Å². The Morgan fingerprint density at radius 2 is 1.69 bits per heavy atom. The molecule has 0 saturated heterocycles. The molecule has 0 aliphatic carbocycles. The van der Waals surface area contributed by atoms with Crippen molar-refractivity contribution in [3.8, 4) is 6.07 Å². The van der Waals surface area contributed by atoms with Crippen molar-refractivity contribution in [2.45, 2.75) is 11.5 Å². The van der Waals surface area contributed by atoms with Crippen LogP contribution in [0.15, 0.2) is 97.2 Å². The van der Waals surface area contributed by atoms with Crippen LogP contribution in [-0.2, 0) is 15.1 Å². The molecule has 0 aromatic heterocycles. The van der Waals surface area contributed by atoms with Gasteiger partial charge in [-0.2, -0.15) is 5.26 Å². The molecule has 0 fully saturated rings. The van der Waals surface area contributed by atoms with Gasteiger partial charge in [0.15, 0.2) is 5.54 Å². The van der Waals surface area contributed by atoms with E-state index in [9.17, 15) is 25.0 Å². The van der Waals surface area contributed by atoms with E-state index in [-0.39, 0.29) is 16.8 Å². The van der Waals surface area contributed by atoms with Gasteiger partial charge in [0.05, 0.1) is 24.0 Å². The number of nitro benzene ring substituents is 1. The number of nitriles is 1.